The summed E-state index contributed by atoms with van der Waals surface area (Å²) in [6.07, 6.45) is 1.91. The van der Waals surface area contributed by atoms with Crippen molar-refractivity contribution in [3.05, 3.63) is 16.1 Å². The van der Waals surface area contributed by atoms with E-state index in [0.717, 1.165) is 36.6 Å². The van der Waals surface area contributed by atoms with E-state index in [1.807, 2.05) is 6.92 Å². The van der Waals surface area contributed by atoms with Crippen molar-refractivity contribution in [2.75, 3.05) is 13.2 Å². The average molecular weight is 200 g/mol. The topological polar surface area (TPSA) is 45.1 Å². The summed E-state index contributed by atoms with van der Waals surface area (Å²) in [5.41, 5.74) is 1.09. The normalized spacial score (nSPS) is 10.6. The number of hydrogen-bond acceptors (Lipinski definition) is 4. The highest BCUT2D eigenvalue weighted by Crippen LogP contribution is 2.07. The highest BCUT2D eigenvalue weighted by atomic mass is 32.1. The summed E-state index contributed by atoms with van der Waals surface area (Å²) < 4.78 is 0. The Balaban J connectivity index is 2.06. The van der Waals surface area contributed by atoms with E-state index in [1.165, 1.54) is 0 Å². The zero-order chi connectivity index (χ0) is 9.52. The summed E-state index contributed by atoms with van der Waals surface area (Å²) in [6, 6.07) is 0. The smallest absolute Gasteiger partial charge is 0.107 e. The molecule has 0 aliphatic heterocycles. The van der Waals surface area contributed by atoms with Gasteiger partial charge in [0.1, 0.15) is 5.01 Å². The fraction of sp³-hybridized carbons (Fsp3) is 0.667. The van der Waals surface area contributed by atoms with Crippen molar-refractivity contribution in [3.63, 3.8) is 0 Å². The molecule has 0 unspecified atom stereocenters. The molecule has 0 aromatic carbocycles. The van der Waals surface area contributed by atoms with Crippen molar-refractivity contribution in [1.29, 1.82) is 0 Å². The molecule has 1 aromatic rings. The van der Waals surface area contributed by atoms with Gasteiger partial charge in [-0.2, -0.15) is 0 Å². The molecule has 4 heteroatoms. The molecular weight excluding hydrogens is 184 g/mol. The van der Waals surface area contributed by atoms with E-state index in [-0.39, 0.29) is 6.61 Å². The van der Waals surface area contributed by atoms with Crippen LogP contribution in [-0.4, -0.2) is 23.2 Å². The monoisotopic (exact) mass is 200 g/mol. The molecule has 0 saturated heterocycles. The lowest BCUT2D eigenvalue weighted by Crippen LogP contribution is -2.14. The molecule has 74 valence electrons. The Bertz CT molecular complexity index is 237. The Labute approximate surface area is 82.8 Å². The Morgan fingerprint density at radius 1 is 1.54 bits per heavy atom. The van der Waals surface area contributed by atoms with Crippen molar-refractivity contribution >= 4 is 11.3 Å². The van der Waals surface area contributed by atoms with Crippen molar-refractivity contribution in [3.8, 4) is 0 Å². The predicted octanol–water partition coefficient (Wildman–Crippen LogP) is 1.31. The zero-order valence-corrected chi connectivity index (χ0v) is 8.73. The lowest BCUT2D eigenvalue weighted by molar-refractivity contribution is 0.283. The van der Waals surface area contributed by atoms with E-state index in [4.69, 9.17) is 5.11 Å². The van der Waals surface area contributed by atoms with Crippen LogP contribution in [0.3, 0.4) is 0 Å². The fourth-order valence-electron chi connectivity index (χ4n) is 1.04. The highest BCUT2D eigenvalue weighted by molar-refractivity contribution is 7.09. The number of nitrogens with one attached hydrogen (secondary N) is 1. The van der Waals surface area contributed by atoms with Gasteiger partial charge in [-0.25, -0.2) is 4.98 Å². The second kappa shape index (κ2) is 6.07. The van der Waals surface area contributed by atoms with Gasteiger partial charge in [0, 0.05) is 24.2 Å². The first-order valence-corrected chi connectivity index (χ1v) is 5.43. The number of aliphatic hydroxyl groups is 1. The Kier molecular flexibility index (Phi) is 4.97. The van der Waals surface area contributed by atoms with Gasteiger partial charge < -0.3 is 10.4 Å². The van der Waals surface area contributed by atoms with Gasteiger partial charge in [0.2, 0.25) is 0 Å². The van der Waals surface area contributed by atoms with E-state index in [0.29, 0.717) is 0 Å². The lowest BCUT2D eigenvalue weighted by Gasteiger charge is -2.00. The third kappa shape index (κ3) is 4.36. The second-order valence-electron chi connectivity index (χ2n) is 2.99. The SMILES string of the molecule is Cc1csc(CNCCCCO)n1. The van der Waals surface area contributed by atoms with Crippen LogP contribution in [0.25, 0.3) is 0 Å². The average Bonchev–Trinajstić information content (AvgIpc) is 2.51. The maximum atomic E-state index is 8.55. The highest BCUT2D eigenvalue weighted by Gasteiger charge is 1.96. The molecule has 1 heterocycles. The number of aromatic nitrogens is 1. The quantitative estimate of drug-likeness (QED) is 0.681. The second-order valence-corrected chi connectivity index (χ2v) is 3.93. The summed E-state index contributed by atoms with van der Waals surface area (Å²) in [4.78, 5) is 4.34. The van der Waals surface area contributed by atoms with Gasteiger partial charge in [0.25, 0.3) is 0 Å². The first kappa shape index (κ1) is 10.6. The van der Waals surface area contributed by atoms with Gasteiger partial charge >= 0.3 is 0 Å². The van der Waals surface area contributed by atoms with Crippen LogP contribution in [0.15, 0.2) is 5.38 Å². The molecule has 2 N–H and O–H groups in total. The number of nitrogens with zero attached hydrogens (tertiary/aromatic N) is 1. The number of hydrogen-bond donors (Lipinski definition) is 2. The van der Waals surface area contributed by atoms with Gasteiger partial charge in [-0.3, -0.25) is 0 Å². The zero-order valence-electron chi connectivity index (χ0n) is 7.92. The van der Waals surface area contributed by atoms with E-state index >= 15 is 0 Å². The molecule has 1 rings (SSSR count). The molecule has 3 nitrogen and oxygen atoms in total. The molecule has 0 aliphatic rings. The van der Waals surface area contributed by atoms with Crippen molar-refractivity contribution < 1.29 is 5.11 Å². The number of unbranched alkanes of at least 4 members (excludes halogenated alkanes) is 1. The molecule has 0 atom stereocenters. The molecule has 0 aliphatic carbocycles. The van der Waals surface area contributed by atoms with Crippen molar-refractivity contribution in [1.82, 2.24) is 10.3 Å². The van der Waals surface area contributed by atoms with Gasteiger partial charge in [-0.05, 0) is 26.3 Å². The summed E-state index contributed by atoms with van der Waals surface area (Å²) in [6.45, 7) is 4.10. The van der Waals surface area contributed by atoms with Crippen LogP contribution in [0.1, 0.15) is 23.5 Å². The van der Waals surface area contributed by atoms with E-state index < -0.39 is 0 Å². The van der Waals surface area contributed by atoms with Crippen LogP contribution >= 0.6 is 11.3 Å². The third-order valence-corrected chi connectivity index (χ3v) is 2.67. The maximum absolute atomic E-state index is 8.55. The van der Waals surface area contributed by atoms with E-state index in [2.05, 4.69) is 15.7 Å². The predicted molar refractivity (Wildman–Crippen MR) is 54.9 cm³/mol. The molecule has 0 spiro atoms. The lowest BCUT2D eigenvalue weighted by atomic mass is 10.3. The van der Waals surface area contributed by atoms with Crippen LogP contribution in [0.2, 0.25) is 0 Å². The molecule has 1 aromatic heterocycles. The number of aliphatic hydroxyl groups excluding tert-OH is 1. The Morgan fingerprint density at radius 2 is 2.38 bits per heavy atom. The number of rotatable bonds is 6. The molecule has 0 fully saturated rings. The summed E-state index contributed by atoms with van der Waals surface area (Å²) in [5, 5.41) is 15.0. The summed E-state index contributed by atoms with van der Waals surface area (Å²) in [5.74, 6) is 0. The van der Waals surface area contributed by atoms with Crippen LogP contribution in [-0.2, 0) is 6.54 Å². The standard InChI is InChI=1S/C9H16N2OS/c1-8-7-13-9(11-8)6-10-4-2-3-5-12/h7,10,12H,2-6H2,1H3. The minimum Gasteiger partial charge on any atom is -0.396 e. The largest absolute Gasteiger partial charge is 0.396 e. The fourth-order valence-corrected chi connectivity index (χ4v) is 1.78. The first-order valence-electron chi connectivity index (χ1n) is 4.55. The molecular formula is C9H16N2OS. The maximum Gasteiger partial charge on any atom is 0.107 e. The van der Waals surface area contributed by atoms with E-state index in [1.54, 1.807) is 11.3 Å². The molecule has 0 saturated carbocycles. The van der Waals surface area contributed by atoms with Crippen LogP contribution in [0, 0.1) is 6.92 Å². The third-order valence-electron chi connectivity index (χ3n) is 1.70. The molecule has 13 heavy (non-hydrogen) atoms. The molecule has 0 radical (unpaired) electrons. The number of aryl methyl sites for hydroxylation is 1. The summed E-state index contributed by atoms with van der Waals surface area (Å²) in [7, 11) is 0. The summed E-state index contributed by atoms with van der Waals surface area (Å²) >= 11 is 1.69. The van der Waals surface area contributed by atoms with E-state index in [9.17, 15) is 0 Å². The van der Waals surface area contributed by atoms with Crippen LogP contribution < -0.4 is 5.32 Å². The van der Waals surface area contributed by atoms with Crippen LogP contribution in [0.5, 0.6) is 0 Å². The van der Waals surface area contributed by atoms with Crippen LogP contribution in [0.4, 0.5) is 0 Å². The molecule has 0 amide bonds. The molecule has 0 bridgehead atoms. The first-order chi connectivity index (χ1) is 6.33. The minimum absolute atomic E-state index is 0.290. The number of thiazole rings is 1. The van der Waals surface area contributed by atoms with Crippen molar-refractivity contribution in [2.45, 2.75) is 26.3 Å². The van der Waals surface area contributed by atoms with Gasteiger partial charge in [0.05, 0.1) is 0 Å². The minimum atomic E-state index is 0.290. The van der Waals surface area contributed by atoms with Crippen molar-refractivity contribution in [2.24, 2.45) is 0 Å². The van der Waals surface area contributed by atoms with Gasteiger partial charge in [-0.15, -0.1) is 11.3 Å². The van der Waals surface area contributed by atoms with Gasteiger partial charge in [-0.1, -0.05) is 0 Å². The van der Waals surface area contributed by atoms with Gasteiger partial charge in [0.15, 0.2) is 0 Å². The Hall–Kier alpha value is -0.450. The Morgan fingerprint density at radius 3 is 3.00 bits per heavy atom.